The van der Waals surface area contributed by atoms with Crippen molar-refractivity contribution in [2.24, 2.45) is 0 Å². The number of imidazole rings is 1. The Labute approximate surface area is 213 Å². The molecule has 1 N–H and O–H groups in total. The molecule has 5 rings (SSSR count). The molecule has 0 aliphatic rings. The number of thioether (sulfide) groups is 1. The average Bonchev–Trinajstić information content (AvgIpc) is 3.24. The fourth-order valence-corrected chi connectivity index (χ4v) is 4.95. The lowest BCUT2D eigenvalue weighted by Crippen LogP contribution is -2.22. The van der Waals surface area contributed by atoms with Gasteiger partial charge in [0.2, 0.25) is 0 Å². The van der Waals surface area contributed by atoms with E-state index in [2.05, 4.69) is 46.1 Å². The van der Waals surface area contributed by atoms with Crippen LogP contribution in [0.25, 0.3) is 11.0 Å². The number of benzene rings is 3. The number of aromatic nitrogens is 3. The van der Waals surface area contributed by atoms with Crippen LogP contribution in [0.3, 0.4) is 0 Å². The first-order chi connectivity index (χ1) is 17.5. The van der Waals surface area contributed by atoms with Gasteiger partial charge in [-0.3, -0.25) is 9.78 Å². The van der Waals surface area contributed by atoms with Crippen molar-refractivity contribution in [3.05, 3.63) is 125 Å². The number of hydrogen-bond acceptors (Lipinski definition) is 4. The fraction of sp³-hybridized carbons (Fsp3) is 0.138. The first-order valence-electron chi connectivity index (χ1n) is 11.7. The summed E-state index contributed by atoms with van der Waals surface area (Å²) in [5, 5.41) is 3.81. The molecule has 0 aliphatic carbocycles. The van der Waals surface area contributed by atoms with Crippen molar-refractivity contribution in [3.8, 4) is 0 Å². The van der Waals surface area contributed by atoms with Crippen LogP contribution in [0, 0.1) is 12.7 Å². The van der Waals surface area contributed by atoms with Gasteiger partial charge in [0, 0.05) is 24.1 Å². The van der Waals surface area contributed by atoms with Crippen LogP contribution in [0.5, 0.6) is 0 Å². The highest BCUT2D eigenvalue weighted by atomic mass is 32.2. The van der Waals surface area contributed by atoms with E-state index in [4.69, 9.17) is 4.98 Å². The Morgan fingerprint density at radius 2 is 1.75 bits per heavy atom. The summed E-state index contributed by atoms with van der Waals surface area (Å²) >= 11 is 1.70. The van der Waals surface area contributed by atoms with Gasteiger partial charge in [0.25, 0.3) is 5.91 Å². The van der Waals surface area contributed by atoms with E-state index in [1.807, 2.05) is 36.5 Å². The van der Waals surface area contributed by atoms with Crippen LogP contribution in [-0.4, -0.2) is 20.4 Å². The zero-order valence-electron chi connectivity index (χ0n) is 19.8. The molecule has 5 aromatic rings. The van der Waals surface area contributed by atoms with Crippen LogP contribution in [0.4, 0.5) is 4.39 Å². The quantitative estimate of drug-likeness (QED) is 0.262. The lowest BCUT2D eigenvalue weighted by molar-refractivity contribution is 0.0951. The van der Waals surface area contributed by atoms with Crippen LogP contribution in [0.2, 0.25) is 0 Å². The van der Waals surface area contributed by atoms with Crippen molar-refractivity contribution in [3.63, 3.8) is 0 Å². The molecule has 2 aromatic heterocycles. The van der Waals surface area contributed by atoms with Gasteiger partial charge in [0.1, 0.15) is 5.82 Å². The van der Waals surface area contributed by atoms with Crippen molar-refractivity contribution < 1.29 is 9.18 Å². The zero-order valence-corrected chi connectivity index (χ0v) is 20.6. The fourth-order valence-electron chi connectivity index (χ4n) is 3.99. The first-order valence-corrected chi connectivity index (χ1v) is 12.6. The van der Waals surface area contributed by atoms with Gasteiger partial charge in [-0.05, 0) is 53.9 Å². The molecule has 7 heteroatoms. The third-order valence-electron chi connectivity index (χ3n) is 5.89. The molecular formula is C29H25FN4OS. The predicted molar refractivity (Wildman–Crippen MR) is 141 cm³/mol. The van der Waals surface area contributed by atoms with E-state index in [9.17, 15) is 9.18 Å². The Kier molecular flexibility index (Phi) is 7.09. The molecule has 0 atom stereocenters. The van der Waals surface area contributed by atoms with Crippen LogP contribution in [-0.2, 0) is 18.8 Å². The second-order valence-electron chi connectivity index (χ2n) is 8.63. The number of halogens is 1. The molecule has 0 radical (unpaired) electrons. The van der Waals surface area contributed by atoms with Crippen molar-refractivity contribution >= 4 is 28.7 Å². The number of hydrogen-bond donors (Lipinski definition) is 1. The van der Waals surface area contributed by atoms with Crippen molar-refractivity contribution in [2.45, 2.75) is 30.9 Å². The number of carbonyl (C=O) groups excluding carboxylic acids is 1. The summed E-state index contributed by atoms with van der Waals surface area (Å²) in [6, 6.07) is 24.1. The molecule has 0 saturated carbocycles. The van der Waals surface area contributed by atoms with E-state index in [1.54, 1.807) is 30.1 Å². The highest BCUT2D eigenvalue weighted by Crippen LogP contribution is 2.27. The minimum atomic E-state index is -0.293. The van der Waals surface area contributed by atoms with Crippen molar-refractivity contribution in [2.75, 3.05) is 0 Å². The number of nitrogens with zero attached hydrogens (tertiary/aromatic N) is 3. The van der Waals surface area contributed by atoms with Crippen LogP contribution < -0.4 is 5.32 Å². The van der Waals surface area contributed by atoms with Gasteiger partial charge in [-0.15, -0.1) is 0 Å². The number of carbonyl (C=O) groups is 1. The minimum Gasteiger partial charge on any atom is -0.348 e. The standard InChI is InChI=1S/C29H25FN4OS/c1-20-3-2-4-23(15-20)19-36-29-33-26-13-14-31-17-27(26)34(29)18-22-5-9-24(10-6-22)28(35)32-16-21-7-11-25(30)12-8-21/h2-15,17H,16,18-19H2,1H3,(H,32,35). The molecule has 0 aliphatic heterocycles. The first kappa shape index (κ1) is 23.8. The summed E-state index contributed by atoms with van der Waals surface area (Å²) < 4.78 is 15.2. The second-order valence-corrected chi connectivity index (χ2v) is 9.57. The number of amides is 1. The smallest absolute Gasteiger partial charge is 0.251 e. The number of pyridine rings is 1. The van der Waals surface area contributed by atoms with Crippen LogP contribution in [0.1, 0.15) is 32.6 Å². The van der Waals surface area contributed by atoms with E-state index in [1.165, 1.54) is 23.3 Å². The predicted octanol–water partition coefficient (Wildman–Crippen LogP) is 6.15. The SMILES string of the molecule is Cc1cccc(CSc2nc3ccncc3n2Cc2ccc(C(=O)NCc3ccc(F)cc3)cc2)c1. The molecule has 0 saturated heterocycles. The molecule has 180 valence electrons. The van der Waals surface area contributed by atoms with Crippen molar-refractivity contribution in [1.29, 1.82) is 0 Å². The lowest BCUT2D eigenvalue weighted by atomic mass is 10.1. The highest BCUT2D eigenvalue weighted by Gasteiger charge is 2.13. The van der Waals surface area contributed by atoms with Gasteiger partial charge in [0.15, 0.2) is 5.16 Å². The third kappa shape index (κ3) is 5.63. The summed E-state index contributed by atoms with van der Waals surface area (Å²) in [7, 11) is 0. The number of rotatable bonds is 8. The van der Waals surface area contributed by atoms with E-state index in [0.717, 1.165) is 33.1 Å². The molecule has 36 heavy (non-hydrogen) atoms. The van der Waals surface area contributed by atoms with E-state index in [0.29, 0.717) is 18.7 Å². The van der Waals surface area contributed by atoms with E-state index >= 15 is 0 Å². The molecule has 1 amide bonds. The molecule has 0 fully saturated rings. The summed E-state index contributed by atoms with van der Waals surface area (Å²) in [5.74, 6) is 0.363. The van der Waals surface area contributed by atoms with E-state index in [-0.39, 0.29) is 11.7 Å². The maximum absolute atomic E-state index is 13.1. The number of aryl methyl sites for hydroxylation is 1. The normalized spacial score (nSPS) is 11.1. The number of fused-ring (bicyclic) bond motifs is 1. The number of nitrogens with one attached hydrogen (secondary N) is 1. The van der Waals surface area contributed by atoms with Gasteiger partial charge in [-0.2, -0.15) is 0 Å². The average molecular weight is 497 g/mol. The molecule has 3 aromatic carbocycles. The van der Waals surface area contributed by atoms with Crippen molar-refractivity contribution in [1.82, 2.24) is 19.9 Å². The Morgan fingerprint density at radius 3 is 2.53 bits per heavy atom. The van der Waals surface area contributed by atoms with E-state index < -0.39 is 0 Å². The molecular weight excluding hydrogens is 471 g/mol. The van der Waals surface area contributed by atoms with Gasteiger partial charge in [0.05, 0.1) is 23.8 Å². The molecule has 2 heterocycles. The van der Waals surface area contributed by atoms with Crippen LogP contribution in [0.15, 0.2) is 96.4 Å². The Hall–Kier alpha value is -3.97. The monoisotopic (exact) mass is 496 g/mol. The zero-order chi connectivity index (χ0) is 24.9. The summed E-state index contributed by atoms with van der Waals surface area (Å²) in [6.45, 7) is 3.06. The van der Waals surface area contributed by atoms with Crippen LogP contribution >= 0.6 is 11.8 Å². The van der Waals surface area contributed by atoms with Gasteiger partial charge >= 0.3 is 0 Å². The maximum atomic E-state index is 13.1. The van der Waals surface area contributed by atoms with Gasteiger partial charge in [-0.25, -0.2) is 9.37 Å². The van der Waals surface area contributed by atoms with Gasteiger partial charge < -0.3 is 9.88 Å². The summed E-state index contributed by atoms with van der Waals surface area (Å²) in [4.78, 5) is 21.7. The molecule has 0 unspecified atom stereocenters. The Balaban J connectivity index is 1.30. The molecule has 0 bridgehead atoms. The maximum Gasteiger partial charge on any atom is 0.251 e. The largest absolute Gasteiger partial charge is 0.348 e. The third-order valence-corrected chi connectivity index (χ3v) is 6.94. The topological polar surface area (TPSA) is 59.8 Å². The Bertz CT molecular complexity index is 1500. The summed E-state index contributed by atoms with van der Waals surface area (Å²) in [6.07, 6.45) is 3.60. The lowest BCUT2D eigenvalue weighted by Gasteiger charge is -2.10. The summed E-state index contributed by atoms with van der Waals surface area (Å²) in [5.41, 5.74) is 6.87. The minimum absolute atomic E-state index is 0.169. The Morgan fingerprint density at radius 1 is 0.972 bits per heavy atom. The van der Waals surface area contributed by atoms with Gasteiger partial charge in [-0.1, -0.05) is 65.9 Å². The second kappa shape index (κ2) is 10.7. The molecule has 5 nitrogen and oxygen atoms in total. The highest BCUT2D eigenvalue weighted by molar-refractivity contribution is 7.98. The molecule has 0 spiro atoms.